The van der Waals surface area contributed by atoms with E-state index >= 15 is 0 Å². The minimum atomic E-state index is -0.229. The van der Waals surface area contributed by atoms with E-state index in [1.807, 2.05) is 13.1 Å². The summed E-state index contributed by atoms with van der Waals surface area (Å²) in [6.45, 7) is 2.80. The molecule has 2 aromatic rings. The lowest BCUT2D eigenvalue weighted by Gasteiger charge is -2.46. The lowest BCUT2D eigenvalue weighted by molar-refractivity contribution is -0.0951. The van der Waals surface area contributed by atoms with Gasteiger partial charge < -0.3 is 18.9 Å². The van der Waals surface area contributed by atoms with E-state index in [9.17, 15) is 9.18 Å². The Kier molecular flexibility index (Phi) is 4.97. The van der Waals surface area contributed by atoms with Crippen LogP contribution in [0.15, 0.2) is 36.8 Å². The molecule has 0 radical (unpaired) electrons. The largest absolute Gasteiger partial charge is 0.377 e. The summed E-state index contributed by atoms with van der Waals surface area (Å²) in [5.41, 5.74) is 0.850. The predicted octanol–water partition coefficient (Wildman–Crippen LogP) is 2.40. The summed E-state index contributed by atoms with van der Waals surface area (Å²) >= 11 is 0. The number of rotatable bonds is 6. The van der Waals surface area contributed by atoms with Crippen LogP contribution in [0.5, 0.6) is 0 Å². The van der Waals surface area contributed by atoms with Crippen molar-refractivity contribution in [1.29, 1.82) is 0 Å². The first kappa shape index (κ1) is 18.1. The summed E-state index contributed by atoms with van der Waals surface area (Å²) in [7, 11) is 1.85. The normalized spacial score (nSPS) is 20.8. The lowest BCUT2D eigenvalue weighted by Crippen LogP contribution is -2.63. The third-order valence-corrected chi connectivity index (χ3v) is 5.34. The van der Waals surface area contributed by atoms with Crippen LogP contribution in [-0.4, -0.2) is 52.3 Å². The van der Waals surface area contributed by atoms with Crippen LogP contribution in [0.4, 0.5) is 4.39 Å². The van der Waals surface area contributed by atoms with E-state index in [-0.39, 0.29) is 23.9 Å². The van der Waals surface area contributed by atoms with Gasteiger partial charge >= 0.3 is 0 Å². The Morgan fingerprint density at radius 2 is 2.22 bits per heavy atom. The summed E-state index contributed by atoms with van der Waals surface area (Å²) in [6.07, 6.45) is 5.18. The molecule has 7 heteroatoms. The Balaban J connectivity index is 1.19. The molecule has 0 saturated carbocycles. The molecule has 6 nitrogen and oxygen atoms in total. The first-order valence-electron chi connectivity index (χ1n) is 9.27. The molecule has 1 unspecified atom stereocenters. The highest BCUT2D eigenvalue weighted by molar-refractivity contribution is 5.92. The number of halogens is 1. The van der Waals surface area contributed by atoms with Crippen LogP contribution in [0, 0.1) is 11.7 Å². The number of amides is 1. The minimum Gasteiger partial charge on any atom is -0.377 e. The molecule has 4 rings (SSSR count). The molecular weight excluding hydrogens is 349 g/mol. The number of aryl methyl sites for hydroxylation is 1. The fraction of sp³-hybridized carbons (Fsp3) is 0.500. The molecule has 3 heterocycles. The summed E-state index contributed by atoms with van der Waals surface area (Å²) in [6, 6.07) is 6.67. The molecule has 1 aromatic carbocycles. The number of carbonyl (C=O) groups is 1. The van der Waals surface area contributed by atoms with E-state index in [0.29, 0.717) is 43.5 Å². The average molecular weight is 373 g/mol. The number of benzene rings is 1. The van der Waals surface area contributed by atoms with Crippen molar-refractivity contribution in [3.05, 3.63) is 53.9 Å². The molecule has 2 fully saturated rings. The van der Waals surface area contributed by atoms with Crippen LogP contribution in [-0.2, 0) is 23.1 Å². The van der Waals surface area contributed by atoms with Gasteiger partial charge in [0.05, 0.1) is 32.6 Å². The highest BCUT2D eigenvalue weighted by Crippen LogP contribution is 2.39. The van der Waals surface area contributed by atoms with Gasteiger partial charge in [0.15, 0.2) is 0 Å². The van der Waals surface area contributed by atoms with Crippen molar-refractivity contribution in [3.8, 4) is 0 Å². The summed E-state index contributed by atoms with van der Waals surface area (Å²) in [4.78, 5) is 18.3. The maximum Gasteiger partial charge on any atom is 0.274 e. The van der Waals surface area contributed by atoms with E-state index in [1.165, 1.54) is 6.07 Å². The molecule has 1 spiro atoms. The molecular formula is C20H24FN3O3. The van der Waals surface area contributed by atoms with Crippen LogP contribution < -0.4 is 0 Å². The highest BCUT2D eigenvalue weighted by atomic mass is 19.1. The maximum absolute atomic E-state index is 13.6. The van der Waals surface area contributed by atoms with E-state index in [1.54, 1.807) is 34.1 Å². The van der Waals surface area contributed by atoms with Crippen LogP contribution >= 0.6 is 0 Å². The Hall–Kier alpha value is -2.25. The van der Waals surface area contributed by atoms with Crippen molar-refractivity contribution in [1.82, 2.24) is 14.5 Å². The fourth-order valence-corrected chi connectivity index (χ4v) is 3.87. The number of hydrogen-bond acceptors (Lipinski definition) is 4. The first-order valence-corrected chi connectivity index (χ1v) is 9.27. The minimum absolute atomic E-state index is 0.0403. The predicted molar refractivity (Wildman–Crippen MR) is 96.6 cm³/mol. The zero-order chi connectivity index (χ0) is 18.9. The number of carbonyl (C=O) groups excluding carboxylic acids is 1. The van der Waals surface area contributed by atoms with Crippen LogP contribution in [0.25, 0.3) is 0 Å². The second-order valence-electron chi connectivity index (χ2n) is 7.58. The summed E-state index contributed by atoms with van der Waals surface area (Å²) in [5, 5.41) is 0. The highest BCUT2D eigenvalue weighted by Gasteiger charge is 2.51. The Bertz CT molecular complexity index is 816. The van der Waals surface area contributed by atoms with E-state index in [4.69, 9.17) is 9.47 Å². The van der Waals surface area contributed by atoms with Crippen LogP contribution in [0.3, 0.4) is 0 Å². The number of likely N-dealkylation sites (tertiary alicyclic amines) is 1. The van der Waals surface area contributed by atoms with Crippen LogP contribution in [0.1, 0.15) is 28.9 Å². The molecule has 144 valence electrons. The first-order chi connectivity index (χ1) is 13.0. The number of nitrogens with zero attached hydrogens (tertiary/aromatic N) is 3. The summed E-state index contributed by atoms with van der Waals surface area (Å²) < 4.78 is 27.0. The standard InChI is InChI=1S/C20H24FN3O3/c1-23-9-18(22-14-23)19(25)24-12-20(13-24)8-15(10-27-20)6-7-26-11-16-4-2-3-5-17(16)21/h2-5,9,14-15H,6-8,10-13H2,1H3. The molecule has 1 amide bonds. The van der Waals surface area contributed by atoms with Crippen molar-refractivity contribution in [2.24, 2.45) is 13.0 Å². The SMILES string of the molecule is Cn1cnc(C(=O)N2CC3(CC(CCOCc4ccccc4F)CO3)C2)c1. The van der Waals surface area contributed by atoms with Crippen LogP contribution in [0.2, 0.25) is 0 Å². The molecule has 0 bridgehead atoms. The Morgan fingerprint density at radius 3 is 2.96 bits per heavy atom. The molecule has 2 aliphatic rings. The van der Waals surface area contributed by atoms with Crippen molar-refractivity contribution >= 4 is 5.91 Å². The van der Waals surface area contributed by atoms with E-state index in [0.717, 1.165) is 12.8 Å². The van der Waals surface area contributed by atoms with Gasteiger partial charge in [0.2, 0.25) is 0 Å². The van der Waals surface area contributed by atoms with E-state index < -0.39 is 0 Å². The third kappa shape index (κ3) is 3.89. The molecule has 0 N–H and O–H groups in total. The molecule has 2 aliphatic heterocycles. The van der Waals surface area contributed by atoms with Gasteiger partial charge in [-0.1, -0.05) is 18.2 Å². The third-order valence-electron chi connectivity index (χ3n) is 5.34. The zero-order valence-corrected chi connectivity index (χ0v) is 15.4. The average Bonchev–Trinajstić information content (AvgIpc) is 3.25. The number of aromatic nitrogens is 2. The van der Waals surface area contributed by atoms with Crippen molar-refractivity contribution in [3.63, 3.8) is 0 Å². The number of imidazole rings is 1. The molecule has 2 saturated heterocycles. The van der Waals surface area contributed by atoms with Gasteiger partial charge in [0.25, 0.3) is 5.91 Å². The van der Waals surface area contributed by atoms with Crippen molar-refractivity contribution in [2.75, 3.05) is 26.3 Å². The molecule has 0 aliphatic carbocycles. The van der Waals surface area contributed by atoms with E-state index in [2.05, 4.69) is 4.98 Å². The second-order valence-corrected chi connectivity index (χ2v) is 7.58. The zero-order valence-electron chi connectivity index (χ0n) is 15.4. The molecule has 1 atom stereocenters. The van der Waals surface area contributed by atoms with Gasteiger partial charge in [-0.15, -0.1) is 0 Å². The Labute approximate surface area is 157 Å². The molecule has 1 aromatic heterocycles. The maximum atomic E-state index is 13.6. The van der Waals surface area contributed by atoms with Gasteiger partial charge in [-0.05, 0) is 24.8 Å². The van der Waals surface area contributed by atoms with Gasteiger partial charge in [0.1, 0.15) is 17.1 Å². The molecule has 27 heavy (non-hydrogen) atoms. The smallest absolute Gasteiger partial charge is 0.274 e. The Morgan fingerprint density at radius 1 is 1.41 bits per heavy atom. The lowest BCUT2D eigenvalue weighted by atomic mass is 9.86. The topological polar surface area (TPSA) is 56.6 Å². The monoisotopic (exact) mass is 373 g/mol. The van der Waals surface area contributed by atoms with Gasteiger partial charge in [0, 0.05) is 25.4 Å². The second kappa shape index (κ2) is 7.40. The van der Waals surface area contributed by atoms with Gasteiger partial charge in [-0.2, -0.15) is 0 Å². The summed E-state index contributed by atoms with van der Waals surface area (Å²) in [5.74, 6) is 0.145. The van der Waals surface area contributed by atoms with Gasteiger partial charge in [-0.3, -0.25) is 4.79 Å². The number of ether oxygens (including phenoxy) is 2. The number of hydrogen-bond donors (Lipinski definition) is 0. The fourth-order valence-electron chi connectivity index (χ4n) is 3.87. The van der Waals surface area contributed by atoms with Gasteiger partial charge in [-0.25, -0.2) is 9.37 Å². The quantitative estimate of drug-likeness (QED) is 0.730. The van der Waals surface area contributed by atoms with Crippen molar-refractivity contribution in [2.45, 2.75) is 25.0 Å². The van der Waals surface area contributed by atoms with Crippen molar-refractivity contribution < 1.29 is 18.7 Å².